The van der Waals surface area contributed by atoms with E-state index in [0.717, 1.165) is 25.3 Å². The second-order valence-electron chi connectivity index (χ2n) is 10.1. The lowest BCUT2D eigenvalue weighted by molar-refractivity contribution is 0.0492. The fourth-order valence-electron chi connectivity index (χ4n) is 4.12. The predicted octanol–water partition coefficient (Wildman–Crippen LogP) is 4.57. The summed E-state index contributed by atoms with van der Waals surface area (Å²) in [6.07, 6.45) is 2.34. The molecular formula is C26H36FN5O5. The number of pyridine rings is 1. The molecule has 1 fully saturated rings. The highest BCUT2D eigenvalue weighted by molar-refractivity contribution is 5.98. The second-order valence-corrected chi connectivity index (χ2v) is 10.1. The Morgan fingerprint density at radius 3 is 2.32 bits per heavy atom. The number of nitrogens with zero attached hydrogens (tertiary/aromatic N) is 1. The van der Waals surface area contributed by atoms with Gasteiger partial charge in [0, 0.05) is 17.8 Å². The van der Waals surface area contributed by atoms with Crippen molar-refractivity contribution in [1.29, 1.82) is 0 Å². The topological polar surface area (TPSA) is 137 Å². The van der Waals surface area contributed by atoms with E-state index in [1.54, 1.807) is 39.0 Å². The summed E-state index contributed by atoms with van der Waals surface area (Å²) in [5, 5.41) is 9.02. The number of amides is 2. The van der Waals surface area contributed by atoms with Gasteiger partial charge in [0.2, 0.25) is 0 Å². The molecule has 0 saturated heterocycles. The first-order valence-corrected chi connectivity index (χ1v) is 12.2. The number of primary amides is 1. The van der Waals surface area contributed by atoms with E-state index in [2.05, 4.69) is 20.9 Å². The van der Waals surface area contributed by atoms with Crippen LogP contribution in [0.4, 0.5) is 26.5 Å². The van der Waals surface area contributed by atoms with E-state index in [9.17, 15) is 9.59 Å². The summed E-state index contributed by atoms with van der Waals surface area (Å²) in [6, 6.07) is 5.38. The van der Waals surface area contributed by atoms with E-state index in [-0.39, 0.29) is 35.2 Å². The predicted molar refractivity (Wildman–Crippen MR) is 139 cm³/mol. The Labute approximate surface area is 216 Å². The molecule has 0 radical (unpaired) electrons. The van der Waals surface area contributed by atoms with Crippen molar-refractivity contribution in [1.82, 2.24) is 10.3 Å². The Morgan fingerprint density at radius 1 is 1.11 bits per heavy atom. The van der Waals surface area contributed by atoms with Gasteiger partial charge in [-0.3, -0.25) is 4.79 Å². The Morgan fingerprint density at radius 2 is 1.78 bits per heavy atom. The van der Waals surface area contributed by atoms with Crippen LogP contribution in [0.3, 0.4) is 0 Å². The molecule has 1 aromatic heterocycles. The van der Waals surface area contributed by atoms with E-state index in [1.807, 2.05) is 6.92 Å². The molecule has 3 rings (SSSR count). The first kappa shape index (κ1) is 27.8. The fraction of sp³-hybridized carbons (Fsp3) is 0.500. The maximum atomic E-state index is 15.1. The van der Waals surface area contributed by atoms with Gasteiger partial charge in [0.05, 0.1) is 25.8 Å². The highest BCUT2D eigenvalue weighted by Gasteiger charge is 2.34. The minimum Gasteiger partial charge on any atom is -0.493 e. The van der Waals surface area contributed by atoms with E-state index >= 15 is 4.39 Å². The fourth-order valence-corrected chi connectivity index (χ4v) is 4.12. The molecule has 1 aliphatic carbocycles. The number of hydrogen-bond acceptors (Lipinski definition) is 8. The lowest BCUT2D eigenvalue weighted by atomic mass is 9.77. The number of ether oxygens (including phenoxy) is 3. The van der Waals surface area contributed by atoms with Crippen LogP contribution in [0.5, 0.6) is 11.5 Å². The van der Waals surface area contributed by atoms with Crippen LogP contribution in [-0.2, 0) is 4.74 Å². The van der Waals surface area contributed by atoms with Gasteiger partial charge >= 0.3 is 6.09 Å². The van der Waals surface area contributed by atoms with Crippen molar-refractivity contribution >= 4 is 29.3 Å². The van der Waals surface area contributed by atoms with Crippen molar-refractivity contribution < 1.29 is 28.2 Å². The second kappa shape index (κ2) is 11.5. The molecule has 0 bridgehead atoms. The smallest absolute Gasteiger partial charge is 0.407 e. The molecule has 0 aliphatic heterocycles. The quantitative estimate of drug-likeness (QED) is 0.360. The van der Waals surface area contributed by atoms with Crippen molar-refractivity contribution in [2.45, 2.75) is 64.6 Å². The Balaban J connectivity index is 1.89. The van der Waals surface area contributed by atoms with Crippen LogP contribution in [0.1, 0.15) is 57.3 Å². The number of carbonyl (C=O) groups excluding carboxylic acids is 2. The molecule has 5 N–H and O–H groups in total. The molecule has 1 saturated carbocycles. The van der Waals surface area contributed by atoms with Gasteiger partial charge in [0.1, 0.15) is 11.4 Å². The first-order valence-electron chi connectivity index (χ1n) is 12.2. The number of rotatable bonds is 10. The Hall–Kier alpha value is -3.76. The zero-order chi connectivity index (χ0) is 27.3. The number of carbonyl (C=O) groups is 2. The molecule has 10 nitrogen and oxygen atoms in total. The van der Waals surface area contributed by atoms with Gasteiger partial charge in [-0.2, -0.15) is 0 Å². The highest BCUT2D eigenvalue weighted by Crippen LogP contribution is 2.35. The van der Waals surface area contributed by atoms with Gasteiger partial charge in [0.15, 0.2) is 23.1 Å². The Kier molecular flexibility index (Phi) is 8.67. The molecule has 0 spiro atoms. The summed E-state index contributed by atoms with van der Waals surface area (Å²) < 4.78 is 31.1. The number of halogens is 1. The molecule has 1 aliphatic rings. The van der Waals surface area contributed by atoms with E-state index in [0.29, 0.717) is 17.2 Å². The van der Waals surface area contributed by atoms with Crippen LogP contribution in [0.15, 0.2) is 24.3 Å². The van der Waals surface area contributed by atoms with Crippen LogP contribution in [0.2, 0.25) is 0 Å². The van der Waals surface area contributed by atoms with Crippen LogP contribution < -0.4 is 31.2 Å². The monoisotopic (exact) mass is 517 g/mol. The normalized spacial score (nSPS) is 15.1. The number of aromatic nitrogens is 1. The molecule has 2 aromatic rings. The number of benzene rings is 1. The lowest BCUT2D eigenvalue weighted by Crippen LogP contribution is -2.51. The molecule has 2 atom stereocenters. The molecule has 0 unspecified atom stereocenters. The number of nitrogens with one attached hydrogen (secondary N) is 3. The summed E-state index contributed by atoms with van der Waals surface area (Å²) in [7, 11) is 3.02. The molecule has 37 heavy (non-hydrogen) atoms. The molecule has 1 aromatic carbocycles. The lowest BCUT2D eigenvalue weighted by Gasteiger charge is -2.38. The number of anilines is 3. The van der Waals surface area contributed by atoms with E-state index in [1.165, 1.54) is 14.2 Å². The van der Waals surface area contributed by atoms with Gasteiger partial charge in [-0.15, -0.1) is 0 Å². The largest absolute Gasteiger partial charge is 0.493 e. The number of nitrogens with two attached hydrogens (primary N) is 1. The average molecular weight is 518 g/mol. The molecule has 202 valence electrons. The van der Waals surface area contributed by atoms with Crippen molar-refractivity contribution in [3.63, 3.8) is 0 Å². The maximum absolute atomic E-state index is 15.1. The van der Waals surface area contributed by atoms with E-state index in [4.69, 9.17) is 19.9 Å². The van der Waals surface area contributed by atoms with Gasteiger partial charge in [-0.05, 0) is 64.7 Å². The molecule has 11 heteroatoms. The maximum Gasteiger partial charge on any atom is 0.407 e. The summed E-state index contributed by atoms with van der Waals surface area (Å²) in [4.78, 5) is 28.8. The van der Waals surface area contributed by atoms with Crippen molar-refractivity contribution in [2.24, 2.45) is 11.7 Å². The van der Waals surface area contributed by atoms with Gasteiger partial charge in [-0.1, -0.05) is 6.42 Å². The molecule has 1 heterocycles. The standard InChI is InChI=1S/C26H36FN5O5/c1-14(29-25(34)37-26(2,3)4)21(15-8-7-9-15)31-24-18(27)13-17(22(28)33)23(32-24)30-16-10-11-19(35-5)20(12-16)36-6/h10-15,21H,7-9H2,1-6H3,(H2,28,33)(H,29,34)(H2,30,31,32)/t14-,21-/m0/s1. The third kappa shape index (κ3) is 7.14. The third-order valence-corrected chi connectivity index (χ3v) is 6.13. The summed E-state index contributed by atoms with van der Waals surface area (Å²) in [5.41, 5.74) is 5.28. The van der Waals surface area contributed by atoms with Crippen LogP contribution >= 0.6 is 0 Å². The number of methoxy groups -OCH3 is 2. The highest BCUT2D eigenvalue weighted by atomic mass is 19.1. The summed E-state index contributed by atoms with van der Waals surface area (Å²) >= 11 is 0. The van der Waals surface area contributed by atoms with Crippen molar-refractivity contribution in [2.75, 3.05) is 24.9 Å². The van der Waals surface area contributed by atoms with Gasteiger partial charge < -0.3 is 35.9 Å². The van der Waals surface area contributed by atoms with Gasteiger partial charge in [0.25, 0.3) is 5.91 Å². The zero-order valence-corrected chi connectivity index (χ0v) is 22.1. The van der Waals surface area contributed by atoms with Gasteiger partial charge in [-0.25, -0.2) is 14.2 Å². The first-order chi connectivity index (χ1) is 17.4. The number of hydrogen-bond donors (Lipinski definition) is 4. The average Bonchev–Trinajstić information content (AvgIpc) is 2.77. The van der Waals surface area contributed by atoms with Crippen molar-refractivity contribution in [3.05, 3.63) is 35.6 Å². The zero-order valence-electron chi connectivity index (χ0n) is 22.1. The molecular weight excluding hydrogens is 481 g/mol. The third-order valence-electron chi connectivity index (χ3n) is 6.13. The molecule has 2 amide bonds. The minimum absolute atomic E-state index is 0.0669. The van der Waals surface area contributed by atoms with Crippen molar-refractivity contribution in [3.8, 4) is 11.5 Å². The SMILES string of the molecule is COc1ccc(Nc2nc(N[C@H](C3CCC3)[C@H](C)NC(=O)OC(C)(C)C)c(F)cc2C(N)=O)cc1OC. The number of alkyl carbamates (subject to hydrolysis) is 1. The minimum atomic E-state index is -0.837. The van der Waals surface area contributed by atoms with Crippen LogP contribution in [0.25, 0.3) is 0 Å². The van der Waals surface area contributed by atoms with Crippen LogP contribution in [0, 0.1) is 11.7 Å². The van der Waals surface area contributed by atoms with E-state index < -0.39 is 23.4 Å². The summed E-state index contributed by atoms with van der Waals surface area (Å²) in [6.45, 7) is 7.18. The van der Waals surface area contributed by atoms with Crippen LogP contribution in [-0.4, -0.2) is 48.9 Å². The Bertz CT molecular complexity index is 1130. The summed E-state index contributed by atoms with van der Waals surface area (Å²) in [5.74, 6) is -0.388.